The molecule has 2 unspecified atom stereocenters. The second kappa shape index (κ2) is 6.88. The number of nitriles is 1. The summed E-state index contributed by atoms with van der Waals surface area (Å²) in [4.78, 5) is 2.35. The SMILES string of the molecule is CCC(N)(C#N)CCCN(C)C(C)C(C)C. The summed E-state index contributed by atoms with van der Waals surface area (Å²) in [5.74, 6) is 0.662. The Kier molecular flexibility index (Phi) is 6.62. The first-order valence-electron chi connectivity index (χ1n) is 6.26. The highest BCUT2D eigenvalue weighted by Gasteiger charge is 2.22. The molecule has 0 radical (unpaired) electrons. The summed E-state index contributed by atoms with van der Waals surface area (Å²) >= 11 is 0. The molecule has 0 fully saturated rings. The largest absolute Gasteiger partial charge is 0.313 e. The Labute approximate surface area is 101 Å². The van der Waals surface area contributed by atoms with Crippen molar-refractivity contribution in [3.05, 3.63) is 0 Å². The van der Waals surface area contributed by atoms with Gasteiger partial charge in [0, 0.05) is 6.04 Å². The van der Waals surface area contributed by atoms with Gasteiger partial charge in [-0.15, -0.1) is 0 Å². The molecule has 0 aromatic carbocycles. The minimum absolute atomic E-state index is 0.580. The van der Waals surface area contributed by atoms with Crippen LogP contribution in [0.3, 0.4) is 0 Å². The highest BCUT2D eigenvalue weighted by molar-refractivity contribution is 5.03. The first-order valence-corrected chi connectivity index (χ1v) is 6.26. The Morgan fingerprint density at radius 1 is 1.38 bits per heavy atom. The molecule has 94 valence electrons. The number of rotatable bonds is 7. The zero-order chi connectivity index (χ0) is 12.8. The molecule has 0 amide bonds. The van der Waals surface area contributed by atoms with Crippen LogP contribution in [0.25, 0.3) is 0 Å². The Hall–Kier alpha value is -0.590. The zero-order valence-electron chi connectivity index (χ0n) is 11.5. The fraction of sp³-hybridized carbons (Fsp3) is 0.923. The number of nitrogens with zero attached hydrogens (tertiary/aromatic N) is 2. The van der Waals surface area contributed by atoms with E-state index in [0.717, 1.165) is 25.8 Å². The first kappa shape index (κ1) is 15.4. The van der Waals surface area contributed by atoms with Gasteiger partial charge in [0.15, 0.2) is 0 Å². The normalized spacial score (nSPS) is 17.2. The predicted molar refractivity (Wildman–Crippen MR) is 69.0 cm³/mol. The van der Waals surface area contributed by atoms with E-state index in [1.54, 1.807) is 0 Å². The van der Waals surface area contributed by atoms with Crippen molar-refractivity contribution >= 4 is 0 Å². The Morgan fingerprint density at radius 2 is 1.94 bits per heavy atom. The van der Waals surface area contributed by atoms with Gasteiger partial charge in [0.25, 0.3) is 0 Å². The molecule has 0 aliphatic carbocycles. The van der Waals surface area contributed by atoms with Crippen LogP contribution in [0.4, 0.5) is 0 Å². The van der Waals surface area contributed by atoms with E-state index in [2.05, 4.69) is 38.8 Å². The molecular formula is C13H27N3. The smallest absolute Gasteiger partial charge is 0.104 e. The van der Waals surface area contributed by atoms with Gasteiger partial charge in [0.2, 0.25) is 0 Å². The second-order valence-corrected chi connectivity index (χ2v) is 5.19. The molecule has 0 aromatic rings. The molecule has 3 heteroatoms. The van der Waals surface area contributed by atoms with E-state index in [9.17, 15) is 0 Å². The van der Waals surface area contributed by atoms with Gasteiger partial charge in [-0.2, -0.15) is 5.26 Å². The topological polar surface area (TPSA) is 53.1 Å². The minimum atomic E-state index is -0.623. The van der Waals surface area contributed by atoms with Gasteiger partial charge < -0.3 is 10.6 Å². The van der Waals surface area contributed by atoms with Crippen LogP contribution in [0, 0.1) is 17.2 Å². The third kappa shape index (κ3) is 4.96. The van der Waals surface area contributed by atoms with Crippen LogP contribution in [-0.4, -0.2) is 30.1 Å². The molecule has 3 nitrogen and oxygen atoms in total. The van der Waals surface area contributed by atoms with E-state index in [0.29, 0.717) is 12.0 Å². The molecule has 0 rings (SSSR count). The first-order chi connectivity index (χ1) is 7.36. The highest BCUT2D eigenvalue weighted by Crippen LogP contribution is 2.15. The number of nitrogens with two attached hydrogens (primary N) is 1. The van der Waals surface area contributed by atoms with Crippen LogP contribution >= 0.6 is 0 Å². The van der Waals surface area contributed by atoms with Crippen LogP contribution < -0.4 is 5.73 Å². The monoisotopic (exact) mass is 225 g/mol. The van der Waals surface area contributed by atoms with Crippen molar-refractivity contribution in [2.75, 3.05) is 13.6 Å². The second-order valence-electron chi connectivity index (χ2n) is 5.19. The van der Waals surface area contributed by atoms with Crippen LogP contribution in [0.5, 0.6) is 0 Å². The van der Waals surface area contributed by atoms with Gasteiger partial charge in [0.05, 0.1) is 6.07 Å². The van der Waals surface area contributed by atoms with E-state index >= 15 is 0 Å². The quantitative estimate of drug-likeness (QED) is 0.723. The Morgan fingerprint density at radius 3 is 2.31 bits per heavy atom. The molecule has 0 aliphatic rings. The zero-order valence-corrected chi connectivity index (χ0v) is 11.5. The summed E-state index contributed by atoms with van der Waals surface area (Å²) in [5.41, 5.74) is 5.32. The predicted octanol–water partition coefficient (Wildman–Crippen LogP) is 2.37. The fourth-order valence-electron chi connectivity index (χ4n) is 1.67. The highest BCUT2D eigenvalue weighted by atomic mass is 15.1. The summed E-state index contributed by atoms with van der Waals surface area (Å²) < 4.78 is 0. The summed E-state index contributed by atoms with van der Waals surface area (Å²) in [6.45, 7) is 9.69. The van der Waals surface area contributed by atoms with E-state index in [4.69, 9.17) is 11.0 Å². The maximum Gasteiger partial charge on any atom is 0.104 e. The van der Waals surface area contributed by atoms with Crippen LogP contribution in [0.2, 0.25) is 0 Å². The lowest BCUT2D eigenvalue weighted by molar-refractivity contribution is 0.201. The van der Waals surface area contributed by atoms with Gasteiger partial charge in [-0.3, -0.25) is 0 Å². The van der Waals surface area contributed by atoms with Crippen LogP contribution in [-0.2, 0) is 0 Å². The van der Waals surface area contributed by atoms with E-state index < -0.39 is 5.54 Å². The lowest BCUT2D eigenvalue weighted by atomic mass is 9.93. The molecule has 0 saturated heterocycles. The van der Waals surface area contributed by atoms with Crippen molar-refractivity contribution in [2.24, 2.45) is 11.7 Å². The van der Waals surface area contributed by atoms with E-state index in [1.807, 2.05) is 6.92 Å². The molecular weight excluding hydrogens is 198 g/mol. The lowest BCUT2D eigenvalue weighted by Crippen LogP contribution is -2.39. The number of hydrogen-bond acceptors (Lipinski definition) is 3. The minimum Gasteiger partial charge on any atom is -0.313 e. The summed E-state index contributed by atoms with van der Waals surface area (Å²) in [6, 6.07) is 2.79. The molecule has 0 bridgehead atoms. The summed E-state index contributed by atoms with van der Waals surface area (Å²) in [6.07, 6.45) is 2.51. The van der Waals surface area contributed by atoms with Gasteiger partial charge in [-0.05, 0) is 45.7 Å². The van der Waals surface area contributed by atoms with Crippen molar-refractivity contribution < 1.29 is 0 Å². The van der Waals surface area contributed by atoms with Crippen LogP contribution in [0.15, 0.2) is 0 Å². The molecule has 16 heavy (non-hydrogen) atoms. The third-order valence-electron chi connectivity index (χ3n) is 3.65. The standard InChI is InChI=1S/C13H27N3/c1-6-13(15,10-14)8-7-9-16(5)12(4)11(2)3/h11-12H,6-9,15H2,1-5H3. The van der Waals surface area contributed by atoms with E-state index in [-0.39, 0.29) is 0 Å². The average Bonchev–Trinajstić information content (AvgIpc) is 2.27. The maximum absolute atomic E-state index is 8.96. The summed E-state index contributed by atoms with van der Waals surface area (Å²) in [5, 5.41) is 8.96. The summed E-state index contributed by atoms with van der Waals surface area (Å²) in [7, 11) is 2.14. The molecule has 2 N–H and O–H groups in total. The molecule has 0 aliphatic heterocycles. The average molecular weight is 225 g/mol. The van der Waals surface area contributed by atoms with Gasteiger partial charge >= 0.3 is 0 Å². The number of hydrogen-bond donors (Lipinski definition) is 1. The van der Waals surface area contributed by atoms with Crippen molar-refractivity contribution in [3.63, 3.8) is 0 Å². The van der Waals surface area contributed by atoms with Crippen molar-refractivity contribution in [2.45, 2.75) is 58.5 Å². The molecule has 0 heterocycles. The maximum atomic E-state index is 8.96. The van der Waals surface area contributed by atoms with Gasteiger partial charge in [0.1, 0.15) is 5.54 Å². The van der Waals surface area contributed by atoms with Gasteiger partial charge in [-0.25, -0.2) is 0 Å². The molecule has 0 aromatic heterocycles. The third-order valence-corrected chi connectivity index (χ3v) is 3.65. The Bertz CT molecular complexity index is 232. The molecule has 2 atom stereocenters. The molecule has 0 spiro atoms. The molecule has 0 saturated carbocycles. The van der Waals surface area contributed by atoms with Gasteiger partial charge in [-0.1, -0.05) is 20.8 Å². The fourth-order valence-corrected chi connectivity index (χ4v) is 1.67. The van der Waals surface area contributed by atoms with Crippen molar-refractivity contribution in [3.8, 4) is 6.07 Å². The van der Waals surface area contributed by atoms with E-state index in [1.165, 1.54) is 0 Å². The Balaban J connectivity index is 3.95. The van der Waals surface area contributed by atoms with Crippen molar-refractivity contribution in [1.82, 2.24) is 4.90 Å². The van der Waals surface area contributed by atoms with Crippen LogP contribution in [0.1, 0.15) is 47.0 Å². The van der Waals surface area contributed by atoms with Crippen molar-refractivity contribution in [1.29, 1.82) is 5.26 Å². The lowest BCUT2D eigenvalue weighted by Gasteiger charge is -2.29.